The van der Waals surface area contributed by atoms with Gasteiger partial charge in [-0.1, -0.05) is 25.7 Å². The Labute approximate surface area is 154 Å². The lowest BCUT2D eigenvalue weighted by atomic mass is 9.82. The third-order valence-electron chi connectivity index (χ3n) is 5.75. The summed E-state index contributed by atoms with van der Waals surface area (Å²) in [5, 5.41) is 9.81. The van der Waals surface area contributed by atoms with Crippen molar-refractivity contribution in [2.45, 2.75) is 93.9 Å². The summed E-state index contributed by atoms with van der Waals surface area (Å²) >= 11 is 6.96. The van der Waals surface area contributed by atoms with Crippen LogP contribution in [-0.4, -0.2) is 33.0 Å². The molecule has 6 heteroatoms. The summed E-state index contributed by atoms with van der Waals surface area (Å²) in [6.07, 6.45) is 10.0. The maximum atomic E-state index is 12.5. The lowest BCUT2D eigenvalue weighted by Gasteiger charge is -2.40. The normalized spacial score (nSPS) is 27.0. The molecule has 2 amide bonds. The van der Waals surface area contributed by atoms with Gasteiger partial charge in [-0.2, -0.15) is 5.26 Å². The SMILES string of the molecule is N#CC1(N=C(N2C(=O)CCCC2=O)C2(Cl)CCCCC2)CCCCC1. The highest BCUT2D eigenvalue weighted by Gasteiger charge is 2.45. The van der Waals surface area contributed by atoms with Crippen molar-refractivity contribution in [3.8, 4) is 6.07 Å². The average Bonchev–Trinajstić information content (AvgIpc) is 2.62. The number of carbonyl (C=O) groups excluding carboxylic acids is 2. The summed E-state index contributed by atoms with van der Waals surface area (Å²) in [5.74, 6) is -0.0685. The largest absolute Gasteiger partial charge is 0.274 e. The van der Waals surface area contributed by atoms with Crippen molar-refractivity contribution in [2.75, 3.05) is 0 Å². The van der Waals surface area contributed by atoms with Gasteiger partial charge in [-0.25, -0.2) is 9.89 Å². The second-order valence-electron chi connectivity index (χ2n) is 7.64. The Morgan fingerprint density at radius 3 is 1.96 bits per heavy atom. The van der Waals surface area contributed by atoms with Crippen molar-refractivity contribution < 1.29 is 9.59 Å². The molecule has 5 nitrogen and oxygen atoms in total. The number of alkyl halides is 1. The van der Waals surface area contributed by atoms with Gasteiger partial charge < -0.3 is 0 Å². The van der Waals surface area contributed by atoms with Crippen molar-refractivity contribution >= 4 is 29.3 Å². The van der Waals surface area contributed by atoms with E-state index in [1.807, 2.05) is 0 Å². The van der Waals surface area contributed by atoms with E-state index in [2.05, 4.69) is 6.07 Å². The van der Waals surface area contributed by atoms with Crippen LogP contribution in [0, 0.1) is 11.3 Å². The van der Waals surface area contributed by atoms with Gasteiger partial charge in [0.2, 0.25) is 11.8 Å². The smallest absolute Gasteiger partial charge is 0.234 e. The zero-order chi connectivity index (χ0) is 17.9. The molecular formula is C19H26ClN3O2. The first-order valence-electron chi connectivity index (χ1n) is 9.56. The van der Waals surface area contributed by atoms with E-state index >= 15 is 0 Å². The molecule has 3 rings (SSSR count). The summed E-state index contributed by atoms with van der Waals surface area (Å²) in [4.78, 5) is 30.3. The van der Waals surface area contributed by atoms with Gasteiger partial charge in [0, 0.05) is 12.8 Å². The number of amidine groups is 1. The highest BCUT2D eigenvalue weighted by Crippen LogP contribution is 2.40. The van der Waals surface area contributed by atoms with Gasteiger partial charge in [0.1, 0.15) is 16.2 Å². The molecule has 3 fully saturated rings. The Hall–Kier alpha value is -1.41. The summed E-state index contributed by atoms with van der Waals surface area (Å²) in [6.45, 7) is 0. The molecule has 1 saturated heterocycles. The van der Waals surface area contributed by atoms with Crippen LogP contribution in [0.4, 0.5) is 0 Å². The predicted octanol–water partition coefficient (Wildman–Crippen LogP) is 4.09. The molecule has 2 saturated carbocycles. The molecule has 0 aromatic heterocycles. The Bertz CT molecular complexity index is 595. The number of halogens is 1. The average molecular weight is 364 g/mol. The number of piperidine rings is 1. The molecule has 25 heavy (non-hydrogen) atoms. The zero-order valence-electron chi connectivity index (χ0n) is 14.7. The van der Waals surface area contributed by atoms with Gasteiger partial charge in [0.05, 0.1) is 6.07 Å². The molecule has 0 aromatic rings. The summed E-state index contributed by atoms with van der Waals surface area (Å²) in [5.41, 5.74) is -0.842. The highest BCUT2D eigenvalue weighted by atomic mass is 35.5. The maximum Gasteiger partial charge on any atom is 0.234 e. The van der Waals surface area contributed by atoms with E-state index in [4.69, 9.17) is 16.6 Å². The first-order chi connectivity index (χ1) is 12.0. The quantitative estimate of drug-likeness (QED) is 0.321. The van der Waals surface area contributed by atoms with Crippen molar-refractivity contribution in [3.63, 3.8) is 0 Å². The summed E-state index contributed by atoms with van der Waals surface area (Å²) in [6, 6.07) is 2.38. The number of hydrogen-bond donors (Lipinski definition) is 0. The number of nitrogens with zero attached hydrogens (tertiary/aromatic N) is 3. The number of nitriles is 1. The Balaban J connectivity index is 2.05. The summed E-state index contributed by atoms with van der Waals surface area (Å²) in [7, 11) is 0. The minimum absolute atomic E-state index is 0.218. The Morgan fingerprint density at radius 1 is 0.920 bits per heavy atom. The van der Waals surface area contributed by atoms with Crippen LogP contribution < -0.4 is 0 Å². The second-order valence-corrected chi connectivity index (χ2v) is 8.37. The topological polar surface area (TPSA) is 73.5 Å². The third kappa shape index (κ3) is 3.74. The molecule has 0 unspecified atom stereocenters. The van der Waals surface area contributed by atoms with E-state index in [0.29, 0.717) is 50.8 Å². The first kappa shape index (κ1) is 18.4. The van der Waals surface area contributed by atoms with Crippen LogP contribution in [0.25, 0.3) is 0 Å². The number of amides is 2. The molecule has 0 spiro atoms. The molecule has 3 aliphatic rings. The fraction of sp³-hybridized carbons (Fsp3) is 0.789. The van der Waals surface area contributed by atoms with E-state index in [1.165, 1.54) is 4.90 Å². The van der Waals surface area contributed by atoms with E-state index in [1.54, 1.807) is 0 Å². The van der Waals surface area contributed by atoms with Crippen LogP contribution in [-0.2, 0) is 9.59 Å². The van der Waals surface area contributed by atoms with E-state index in [-0.39, 0.29) is 11.8 Å². The van der Waals surface area contributed by atoms with Crippen LogP contribution in [0.2, 0.25) is 0 Å². The number of aliphatic imine (C=N–C) groups is 1. The Morgan fingerprint density at radius 2 is 1.44 bits per heavy atom. The molecule has 0 N–H and O–H groups in total. The molecule has 1 aliphatic heterocycles. The molecule has 0 bridgehead atoms. The molecule has 0 atom stereocenters. The standard InChI is InChI=1S/C19H26ClN3O2/c20-19(12-5-2-6-13-19)17(23-15(24)8-7-9-16(23)25)22-18(14-21)10-3-1-4-11-18/h1-13H2. The van der Waals surface area contributed by atoms with Crippen molar-refractivity contribution in [1.29, 1.82) is 5.26 Å². The second kappa shape index (κ2) is 7.45. The van der Waals surface area contributed by atoms with Crippen LogP contribution in [0.1, 0.15) is 83.5 Å². The van der Waals surface area contributed by atoms with E-state index in [0.717, 1.165) is 38.5 Å². The fourth-order valence-corrected chi connectivity index (χ4v) is 4.66. The molecule has 2 aliphatic carbocycles. The third-order valence-corrected chi connectivity index (χ3v) is 6.29. The molecule has 1 heterocycles. The van der Waals surface area contributed by atoms with Crippen molar-refractivity contribution in [3.05, 3.63) is 0 Å². The van der Waals surface area contributed by atoms with Crippen molar-refractivity contribution in [1.82, 2.24) is 4.90 Å². The van der Waals surface area contributed by atoms with Gasteiger partial charge in [-0.15, -0.1) is 11.6 Å². The Kier molecular flexibility index (Phi) is 5.48. The lowest BCUT2D eigenvalue weighted by molar-refractivity contribution is -0.142. The van der Waals surface area contributed by atoms with Crippen LogP contribution >= 0.6 is 11.6 Å². The highest BCUT2D eigenvalue weighted by molar-refractivity contribution is 6.38. The van der Waals surface area contributed by atoms with Gasteiger partial charge in [-0.05, 0) is 44.9 Å². The zero-order valence-corrected chi connectivity index (χ0v) is 15.5. The number of carbonyl (C=O) groups is 2. The number of likely N-dealkylation sites (tertiary alicyclic amines) is 1. The lowest BCUT2D eigenvalue weighted by Crippen LogP contribution is -2.54. The van der Waals surface area contributed by atoms with Gasteiger partial charge in [0.25, 0.3) is 0 Å². The predicted molar refractivity (Wildman–Crippen MR) is 96.2 cm³/mol. The van der Waals surface area contributed by atoms with Gasteiger partial charge in [0.15, 0.2) is 0 Å². The number of hydrogen-bond acceptors (Lipinski definition) is 4. The van der Waals surface area contributed by atoms with Crippen LogP contribution in [0.15, 0.2) is 4.99 Å². The number of imide groups is 1. The van der Waals surface area contributed by atoms with Gasteiger partial charge >= 0.3 is 0 Å². The van der Waals surface area contributed by atoms with E-state index in [9.17, 15) is 14.9 Å². The summed E-state index contributed by atoms with van der Waals surface area (Å²) < 4.78 is 0. The van der Waals surface area contributed by atoms with Gasteiger partial charge in [-0.3, -0.25) is 9.59 Å². The fourth-order valence-electron chi connectivity index (χ4n) is 4.26. The molecule has 0 radical (unpaired) electrons. The van der Waals surface area contributed by atoms with E-state index < -0.39 is 10.4 Å². The molecule has 136 valence electrons. The minimum Gasteiger partial charge on any atom is -0.274 e. The van der Waals surface area contributed by atoms with Crippen LogP contribution in [0.3, 0.4) is 0 Å². The maximum absolute atomic E-state index is 12.5. The van der Waals surface area contributed by atoms with Crippen molar-refractivity contribution in [2.24, 2.45) is 4.99 Å². The number of rotatable bonds is 2. The molecule has 0 aromatic carbocycles. The molecular weight excluding hydrogens is 338 g/mol. The minimum atomic E-state index is -0.842. The first-order valence-corrected chi connectivity index (χ1v) is 9.94. The van der Waals surface area contributed by atoms with Crippen LogP contribution in [0.5, 0.6) is 0 Å². The monoisotopic (exact) mass is 363 g/mol.